The molecule has 0 saturated carbocycles. The smallest absolute Gasteiger partial charge is 0.349 e. The lowest BCUT2D eigenvalue weighted by atomic mass is 9.99. The van der Waals surface area contributed by atoms with Crippen LogP contribution in [0.15, 0.2) is 28.9 Å². The molecular formula is C17H19NO4S. The molecule has 122 valence electrons. The molecule has 1 amide bonds. The Balaban J connectivity index is 1.54. The number of nitrogens with one attached hydrogen (secondary N) is 1. The fraction of sp³-hybridized carbons (Fsp3) is 0.412. The van der Waals surface area contributed by atoms with Crippen LogP contribution in [0.3, 0.4) is 0 Å². The second-order valence-corrected chi connectivity index (χ2v) is 6.75. The van der Waals surface area contributed by atoms with E-state index in [1.807, 2.05) is 6.07 Å². The Labute approximate surface area is 138 Å². The highest BCUT2D eigenvalue weighted by molar-refractivity contribution is 7.14. The zero-order valence-corrected chi connectivity index (χ0v) is 13.8. The van der Waals surface area contributed by atoms with E-state index in [2.05, 4.69) is 5.32 Å². The first-order valence-corrected chi connectivity index (χ1v) is 8.58. The van der Waals surface area contributed by atoms with Crippen molar-refractivity contribution in [3.8, 4) is 0 Å². The monoisotopic (exact) mass is 333 g/mol. The zero-order chi connectivity index (χ0) is 16.2. The van der Waals surface area contributed by atoms with Crippen LogP contribution in [0, 0.1) is 0 Å². The van der Waals surface area contributed by atoms with Crippen molar-refractivity contribution in [2.24, 2.45) is 0 Å². The Morgan fingerprint density at radius 2 is 2.22 bits per heavy atom. The number of aryl methyl sites for hydroxylation is 2. The molecule has 1 N–H and O–H groups in total. The van der Waals surface area contributed by atoms with Gasteiger partial charge in [-0.1, -0.05) is 0 Å². The minimum atomic E-state index is -0.836. The number of furan rings is 1. The molecule has 0 saturated heterocycles. The molecule has 3 rings (SSSR count). The molecule has 0 spiro atoms. The highest BCUT2D eigenvalue weighted by Gasteiger charge is 2.22. The second-order valence-electron chi connectivity index (χ2n) is 5.61. The van der Waals surface area contributed by atoms with Crippen LogP contribution in [0.1, 0.15) is 45.6 Å². The van der Waals surface area contributed by atoms with E-state index in [1.54, 1.807) is 25.3 Å². The first-order chi connectivity index (χ1) is 11.1. The van der Waals surface area contributed by atoms with Crippen LogP contribution < -0.4 is 5.32 Å². The molecule has 5 nitrogen and oxygen atoms in total. The number of rotatable bonds is 5. The number of hydrogen-bond acceptors (Lipinski definition) is 5. The van der Waals surface area contributed by atoms with Crippen LogP contribution in [0.5, 0.6) is 0 Å². The van der Waals surface area contributed by atoms with Crippen LogP contribution in [-0.2, 0) is 28.9 Å². The first-order valence-electron chi connectivity index (χ1n) is 7.76. The molecule has 0 radical (unpaired) electrons. The predicted octanol–water partition coefficient (Wildman–Crippen LogP) is 3.08. The van der Waals surface area contributed by atoms with E-state index < -0.39 is 12.1 Å². The molecule has 23 heavy (non-hydrogen) atoms. The molecule has 1 aliphatic carbocycles. The number of hydrogen-bond donors (Lipinski definition) is 1. The van der Waals surface area contributed by atoms with E-state index in [4.69, 9.17) is 9.15 Å². The summed E-state index contributed by atoms with van der Waals surface area (Å²) in [4.78, 5) is 26.0. The molecule has 1 aliphatic rings. The van der Waals surface area contributed by atoms with Gasteiger partial charge in [-0.15, -0.1) is 11.3 Å². The Morgan fingerprint density at radius 3 is 2.96 bits per heavy atom. The maximum atomic E-state index is 12.2. The molecular weight excluding hydrogens is 314 g/mol. The Bertz CT molecular complexity index is 666. The summed E-state index contributed by atoms with van der Waals surface area (Å²) in [6.07, 6.45) is 5.11. The van der Waals surface area contributed by atoms with E-state index in [9.17, 15) is 9.59 Å². The summed E-state index contributed by atoms with van der Waals surface area (Å²) < 4.78 is 10.4. The largest absolute Gasteiger partial charge is 0.467 e. The molecule has 0 bridgehead atoms. The molecule has 1 unspecified atom stereocenters. The summed E-state index contributed by atoms with van der Waals surface area (Å²) in [5, 5.41) is 2.68. The topological polar surface area (TPSA) is 68.5 Å². The Hall–Kier alpha value is -2.08. The van der Waals surface area contributed by atoms with Crippen molar-refractivity contribution < 1.29 is 18.7 Å². The first kappa shape index (κ1) is 15.8. The summed E-state index contributed by atoms with van der Waals surface area (Å²) >= 11 is 1.49. The average Bonchev–Trinajstić information content (AvgIpc) is 3.21. The maximum absolute atomic E-state index is 12.2. The van der Waals surface area contributed by atoms with Crippen molar-refractivity contribution in [3.05, 3.63) is 45.5 Å². The normalized spacial score (nSPS) is 14.8. The standard InChI is InChI=1S/C17H19NO4S/c1-11(16(19)18-10-13-6-4-8-21-13)22-17(20)15-9-12-5-2-3-7-14(12)23-15/h4,6,8-9,11H,2-3,5,7,10H2,1H3,(H,18,19). The van der Waals surface area contributed by atoms with E-state index in [-0.39, 0.29) is 12.5 Å². The SMILES string of the molecule is CC(OC(=O)c1cc2c(s1)CCCC2)C(=O)NCc1ccco1. The quantitative estimate of drug-likeness (QED) is 0.854. The third-order valence-electron chi connectivity index (χ3n) is 3.87. The molecule has 0 aromatic carbocycles. The Morgan fingerprint density at radius 1 is 1.39 bits per heavy atom. The van der Waals surface area contributed by atoms with Gasteiger partial charge in [0.05, 0.1) is 12.8 Å². The fourth-order valence-corrected chi connectivity index (χ4v) is 3.73. The molecule has 2 aromatic heterocycles. The second kappa shape index (κ2) is 7.00. The van der Waals surface area contributed by atoms with Crippen LogP contribution in [0.4, 0.5) is 0 Å². The lowest BCUT2D eigenvalue weighted by Crippen LogP contribution is -2.35. The Kier molecular flexibility index (Phi) is 4.81. The van der Waals surface area contributed by atoms with E-state index in [0.717, 1.165) is 12.8 Å². The molecule has 2 heterocycles. The van der Waals surface area contributed by atoms with Crippen molar-refractivity contribution in [2.45, 2.75) is 45.3 Å². The number of carbonyl (C=O) groups excluding carboxylic acids is 2. The number of thiophene rings is 1. The summed E-state index contributed by atoms with van der Waals surface area (Å²) in [7, 11) is 0. The van der Waals surface area contributed by atoms with Crippen LogP contribution >= 0.6 is 11.3 Å². The van der Waals surface area contributed by atoms with Gasteiger partial charge in [-0.2, -0.15) is 0 Å². The van der Waals surface area contributed by atoms with Crippen LogP contribution in [0.25, 0.3) is 0 Å². The summed E-state index contributed by atoms with van der Waals surface area (Å²) in [5.74, 6) is -0.107. The van der Waals surface area contributed by atoms with E-state index in [1.165, 1.54) is 34.6 Å². The van der Waals surface area contributed by atoms with E-state index in [0.29, 0.717) is 10.6 Å². The van der Waals surface area contributed by atoms with Gasteiger partial charge in [0.1, 0.15) is 10.6 Å². The van der Waals surface area contributed by atoms with Crippen molar-refractivity contribution in [1.29, 1.82) is 0 Å². The van der Waals surface area contributed by atoms with Crippen molar-refractivity contribution in [2.75, 3.05) is 0 Å². The van der Waals surface area contributed by atoms with Gasteiger partial charge < -0.3 is 14.5 Å². The number of fused-ring (bicyclic) bond motifs is 1. The van der Waals surface area contributed by atoms with Crippen LogP contribution in [-0.4, -0.2) is 18.0 Å². The third kappa shape index (κ3) is 3.82. The van der Waals surface area contributed by atoms with Gasteiger partial charge in [0.2, 0.25) is 0 Å². The lowest BCUT2D eigenvalue weighted by molar-refractivity contribution is -0.129. The summed E-state index contributed by atoms with van der Waals surface area (Å²) in [6, 6.07) is 5.44. The summed E-state index contributed by atoms with van der Waals surface area (Å²) in [6.45, 7) is 1.85. The molecule has 1 atom stereocenters. The lowest BCUT2D eigenvalue weighted by Gasteiger charge is -2.12. The average molecular weight is 333 g/mol. The summed E-state index contributed by atoms with van der Waals surface area (Å²) in [5.41, 5.74) is 1.25. The predicted molar refractivity (Wildman–Crippen MR) is 86.4 cm³/mol. The highest BCUT2D eigenvalue weighted by atomic mass is 32.1. The van der Waals surface area contributed by atoms with Crippen LogP contribution in [0.2, 0.25) is 0 Å². The maximum Gasteiger partial charge on any atom is 0.349 e. The number of esters is 1. The number of carbonyl (C=O) groups is 2. The van der Waals surface area contributed by atoms with Gasteiger partial charge >= 0.3 is 5.97 Å². The van der Waals surface area contributed by atoms with Gasteiger partial charge in [0.15, 0.2) is 6.10 Å². The van der Waals surface area contributed by atoms with Crippen molar-refractivity contribution >= 4 is 23.2 Å². The van der Waals surface area contributed by atoms with Gasteiger partial charge in [0.25, 0.3) is 5.91 Å². The third-order valence-corrected chi connectivity index (χ3v) is 5.08. The van der Waals surface area contributed by atoms with Gasteiger partial charge in [-0.05, 0) is 56.4 Å². The number of amides is 1. The molecule has 0 aliphatic heterocycles. The van der Waals surface area contributed by atoms with E-state index >= 15 is 0 Å². The van der Waals surface area contributed by atoms with Gasteiger partial charge in [-0.3, -0.25) is 4.79 Å². The van der Waals surface area contributed by atoms with Crippen molar-refractivity contribution in [1.82, 2.24) is 5.32 Å². The zero-order valence-electron chi connectivity index (χ0n) is 13.0. The van der Waals surface area contributed by atoms with Gasteiger partial charge in [0, 0.05) is 4.88 Å². The molecule has 6 heteroatoms. The van der Waals surface area contributed by atoms with Crippen molar-refractivity contribution in [3.63, 3.8) is 0 Å². The number of ether oxygens (including phenoxy) is 1. The molecule has 2 aromatic rings. The molecule has 0 fully saturated rings. The van der Waals surface area contributed by atoms with Gasteiger partial charge in [-0.25, -0.2) is 4.79 Å². The minimum absolute atomic E-state index is 0.279. The minimum Gasteiger partial charge on any atom is -0.467 e. The fourth-order valence-electron chi connectivity index (χ4n) is 2.59. The highest BCUT2D eigenvalue weighted by Crippen LogP contribution is 2.30.